The van der Waals surface area contributed by atoms with Gasteiger partial charge < -0.3 is 5.11 Å². The third kappa shape index (κ3) is 4.21. The Morgan fingerprint density at radius 2 is 2.00 bits per heavy atom. The van der Waals surface area contributed by atoms with Crippen LogP contribution >= 0.6 is 0 Å². The molecule has 9 heteroatoms. The van der Waals surface area contributed by atoms with Crippen LogP contribution in [0.1, 0.15) is 40.6 Å². The number of aryl methyl sites for hydroxylation is 1. The van der Waals surface area contributed by atoms with E-state index < -0.39 is 16.2 Å². The molecule has 0 unspecified atom stereocenters. The standard InChI is InChI=1S/C19H24N4O4S/c1-13-10-17(14-6-4-7-15(11-14)19(24)25)21-18(20-13)16-8-5-9-23(12-16)28(26,27)22(2)3/h4,6-7,10-11,16H,5,8-9,12H2,1-3H3,(H,24,25)/t16-/m0/s1. The molecule has 0 aliphatic carbocycles. The fraction of sp³-hybridized carbons (Fsp3) is 0.421. The summed E-state index contributed by atoms with van der Waals surface area (Å²) in [5.74, 6) is -0.510. The number of carbonyl (C=O) groups is 1. The number of carboxylic acids is 1. The molecular weight excluding hydrogens is 380 g/mol. The minimum Gasteiger partial charge on any atom is -0.478 e. The van der Waals surface area contributed by atoms with Crippen molar-refractivity contribution in [2.24, 2.45) is 0 Å². The number of aromatic nitrogens is 2. The lowest BCUT2D eigenvalue weighted by molar-refractivity contribution is 0.0697. The van der Waals surface area contributed by atoms with Crippen LogP contribution in [0.25, 0.3) is 11.3 Å². The van der Waals surface area contributed by atoms with E-state index in [1.54, 1.807) is 12.1 Å². The number of hydrogen-bond donors (Lipinski definition) is 1. The van der Waals surface area contributed by atoms with Crippen molar-refractivity contribution in [3.8, 4) is 11.3 Å². The summed E-state index contributed by atoms with van der Waals surface area (Å²) in [5.41, 5.74) is 2.28. The van der Waals surface area contributed by atoms with Crippen LogP contribution in [0.5, 0.6) is 0 Å². The molecule has 2 heterocycles. The van der Waals surface area contributed by atoms with Crippen LogP contribution in [-0.4, -0.2) is 65.3 Å². The second-order valence-electron chi connectivity index (χ2n) is 7.13. The number of hydrogen-bond acceptors (Lipinski definition) is 5. The maximum atomic E-state index is 12.5. The number of aromatic carboxylic acids is 1. The third-order valence-electron chi connectivity index (χ3n) is 4.81. The van der Waals surface area contributed by atoms with Gasteiger partial charge in [-0.2, -0.15) is 17.0 Å². The second-order valence-corrected chi connectivity index (χ2v) is 9.27. The Kier molecular flexibility index (Phi) is 5.78. The van der Waals surface area contributed by atoms with Gasteiger partial charge in [0.05, 0.1) is 11.3 Å². The van der Waals surface area contributed by atoms with Crippen molar-refractivity contribution in [2.45, 2.75) is 25.7 Å². The van der Waals surface area contributed by atoms with Crippen molar-refractivity contribution < 1.29 is 18.3 Å². The average Bonchev–Trinajstić information content (AvgIpc) is 2.67. The van der Waals surface area contributed by atoms with Crippen LogP contribution in [0.4, 0.5) is 0 Å². The van der Waals surface area contributed by atoms with Crippen LogP contribution in [0, 0.1) is 6.92 Å². The zero-order chi connectivity index (χ0) is 20.5. The lowest BCUT2D eigenvalue weighted by atomic mass is 9.98. The summed E-state index contributed by atoms with van der Waals surface area (Å²) in [7, 11) is -0.436. The van der Waals surface area contributed by atoms with E-state index in [-0.39, 0.29) is 11.5 Å². The number of benzene rings is 1. The van der Waals surface area contributed by atoms with Gasteiger partial charge in [0.1, 0.15) is 5.82 Å². The van der Waals surface area contributed by atoms with E-state index in [1.807, 2.05) is 19.1 Å². The van der Waals surface area contributed by atoms with Gasteiger partial charge in [-0.1, -0.05) is 12.1 Å². The van der Waals surface area contributed by atoms with E-state index >= 15 is 0 Å². The first-order valence-electron chi connectivity index (χ1n) is 9.05. The lowest BCUT2D eigenvalue weighted by Gasteiger charge is -2.33. The van der Waals surface area contributed by atoms with E-state index in [1.165, 1.54) is 28.8 Å². The Hall–Kier alpha value is -2.36. The number of carboxylic acid groups (broad SMARTS) is 1. The Balaban J connectivity index is 1.93. The highest BCUT2D eigenvalue weighted by Gasteiger charge is 2.32. The fourth-order valence-electron chi connectivity index (χ4n) is 3.33. The Bertz CT molecular complexity index is 991. The minimum absolute atomic E-state index is 0.107. The molecule has 28 heavy (non-hydrogen) atoms. The van der Waals surface area contributed by atoms with E-state index in [0.29, 0.717) is 30.2 Å². The van der Waals surface area contributed by atoms with Gasteiger partial charge in [-0.25, -0.2) is 14.8 Å². The molecule has 1 N–H and O–H groups in total. The van der Waals surface area contributed by atoms with Gasteiger partial charge in [0, 0.05) is 44.4 Å². The summed E-state index contributed by atoms with van der Waals surface area (Å²) >= 11 is 0. The first kappa shape index (κ1) is 20.4. The number of piperidine rings is 1. The fourth-order valence-corrected chi connectivity index (χ4v) is 4.52. The number of rotatable bonds is 5. The second kappa shape index (κ2) is 7.94. The first-order valence-corrected chi connectivity index (χ1v) is 10.4. The summed E-state index contributed by atoms with van der Waals surface area (Å²) in [4.78, 5) is 20.4. The van der Waals surface area contributed by atoms with Gasteiger partial charge >= 0.3 is 5.97 Å². The van der Waals surface area contributed by atoms with Gasteiger partial charge in [-0.15, -0.1) is 0 Å². The molecule has 0 spiro atoms. The monoisotopic (exact) mass is 404 g/mol. The summed E-state index contributed by atoms with van der Waals surface area (Å²) in [5, 5.41) is 9.22. The zero-order valence-corrected chi connectivity index (χ0v) is 17.0. The molecule has 150 valence electrons. The molecule has 1 atom stereocenters. The molecule has 1 aliphatic rings. The molecule has 1 aromatic heterocycles. The minimum atomic E-state index is -3.48. The first-order chi connectivity index (χ1) is 13.2. The molecule has 1 aliphatic heterocycles. The van der Waals surface area contributed by atoms with Crippen LogP contribution in [-0.2, 0) is 10.2 Å². The molecule has 0 saturated carbocycles. The Morgan fingerprint density at radius 1 is 1.25 bits per heavy atom. The third-order valence-corrected chi connectivity index (χ3v) is 6.72. The SMILES string of the molecule is Cc1cc(-c2cccc(C(=O)O)c2)nc([C@H]2CCCN(S(=O)(=O)N(C)C)C2)n1. The Morgan fingerprint density at radius 3 is 2.68 bits per heavy atom. The molecule has 0 amide bonds. The maximum Gasteiger partial charge on any atom is 0.335 e. The van der Waals surface area contributed by atoms with E-state index in [4.69, 9.17) is 0 Å². The summed E-state index contributed by atoms with van der Waals surface area (Å²) in [6.07, 6.45) is 1.54. The van der Waals surface area contributed by atoms with Crippen molar-refractivity contribution >= 4 is 16.2 Å². The van der Waals surface area contributed by atoms with Crippen LogP contribution in [0.2, 0.25) is 0 Å². The van der Waals surface area contributed by atoms with Crippen molar-refractivity contribution in [1.82, 2.24) is 18.6 Å². The molecule has 2 aromatic rings. The largest absolute Gasteiger partial charge is 0.478 e. The summed E-state index contributed by atoms with van der Waals surface area (Å²) in [6, 6.07) is 8.41. The van der Waals surface area contributed by atoms with Gasteiger partial charge in [-0.05, 0) is 38.0 Å². The van der Waals surface area contributed by atoms with Gasteiger partial charge in [-0.3, -0.25) is 0 Å². The van der Waals surface area contributed by atoms with Crippen molar-refractivity contribution in [3.63, 3.8) is 0 Å². The quantitative estimate of drug-likeness (QED) is 0.819. The van der Waals surface area contributed by atoms with Gasteiger partial charge in [0.2, 0.25) is 0 Å². The maximum absolute atomic E-state index is 12.5. The molecular formula is C19H24N4O4S. The molecule has 1 fully saturated rings. The van der Waals surface area contributed by atoms with Gasteiger partial charge in [0.25, 0.3) is 10.2 Å². The van der Waals surface area contributed by atoms with Crippen LogP contribution in [0.3, 0.4) is 0 Å². The van der Waals surface area contributed by atoms with Crippen molar-refractivity contribution in [2.75, 3.05) is 27.2 Å². The highest BCUT2D eigenvalue weighted by Crippen LogP contribution is 2.29. The summed E-state index contributed by atoms with van der Waals surface area (Å²) < 4.78 is 27.6. The molecule has 1 saturated heterocycles. The molecule has 0 radical (unpaired) electrons. The average molecular weight is 404 g/mol. The Labute approximate surface area is 165 Å². The van der Waals surface area contributed by atoms with E-state index in [9.17, 15) is 18.3 Å². The van der Waals surface area contributed by atoms with E-state index in [2.05, 4.69) is 9.97 Å². The van der Waals surface area contributed by atoms with Gasteiger partial charge in [0.15, 0.2) is 0 Å². The summed E-state index contributed by atoms with van der Waals surface area (Å²) in [6.45, 7) is 2.67. The molecule has 1 aromatic carbocycles. The molecule has 0 bridgehead atoms. The predicted octanol–water partition coefficient (Wildman–Crippen LogP) is 2.14. The van der Waals surface area contributed by atoms with Crippen LogP contribution in [0.15, 0.2) is 30.3 Å². The lowest BCUT2D eigenvalue weighted by Crippen LogP contribution is -2.45. The highest BCUT2D eigenvalue weighted by molar-refractivity contribution is 7.86. The van der Waals surface area contributed by atoms with Crippen LogP contribution < -0.4 is 0 Å². The van der Waals surface area contributed by atoms with Crippen molar-refractivity contribution in [3.05, 3.63) is 47.4 Å². The van der Waals surface area contributed by atoms with E-state index in [0.717, 1.165) is 18.5 Å². The topological polar surface area (TPSA) is 104 Å². The highest BCUT2D eigenvalue weighted by atomic mass is 32.2. The number of nitrogens with zero attached hydrogens (tertiary/aromatic N) is 4. The predicted molar refractivity (Wildman–Crippen MR) is 105 cm³/mol. The molecule has 8 nitrogen and oxygen atoms in total. The normalized spacial score (nSPS) is 18.4. The zero-order valence-electron chi connectivity index (χ0n) is 16.2. The molecule has 3 rings (SSSR count). The smallest absolute Gasteiger partial charge is 0.335 e. The van der Waals surface area contributed by atoms with Crippen molar-refractivity contribution in [1.29, 1.82) is 0 Å².